The molecule has 3 atom stereocenters. The van der Waals surface area contributed by atoms with Crippen molar-refractivity contribution >= 4 is 0 Å². The Morgan fingerprint density at radius 2 is 1.85 bits per heavy atom. The zero-order chi connectivity index (χ0) is 27.7. The number of halogens is 4. The van der Waals surface area contributed by atoms with E-state index in [1.807, 2.05) is 0 Å². The van der Waals surface area contributed by atoms with Crippen LogP contribution in [-0.4, -0.2) is 47.1 Å². The minimum atomic E-state index is -3.26. The van der Waals surface area contributed by atoms with E-state index >= 15 is 0 Å². The van der Waals surface area contributed by atoms with Gasteiger partial charge in [0, 0.05) is 24.9 Å². The quantitative estimate of drug-likeness (QED) is 0.336. The van der Waals surface area contributed by atoms with Crippen LogP contribution in [0.5, 0.6) is 0 Å². The molecule has 0 unspecified atom stereocenters. The van der Waals surface area contributed by atoms with Crippen molar-refractivity contribution in [2.24, 2.45) is 5.41 Å². The van der Waals surface area contributed by atoms with Gasteiger partial charge < -0.3 is 5.11 Å². The molecule has 1 fully saturated rings. The van der Waals surface area contributed by atoms with Gasteiger partial charge in [0.2, 0.25) is 0 Å². The van der Waals surface area contributed by atoms with E-state index in [2.05, 4.69) is 34.1 Å². The van der Waals surface area contributed by atoms with E-state index in [1.54, 1.807) is 24.7 Å². The van der Waals surface area contributed by atoms with Gasteiger partial charge >= 0.3 is 0 Å². The summed E-state index contributed by atoms with van der Waals surface area (Å²) in [7, 11) is 0. The smallest absolute Gasteiger partial charge is 0.272 e. The summed E-state index contributed by atoms with van der Waals surface area (Å²) < 4.78 is 57.2. The monoisotopic (exact) mass is 538 g/mol. The first-order valence-corrected chi connectivity index (χ1v) is 12.7. The molecular formula is C28H26F4N6O. The molecule has 4 aromatic rings. The second kappa shape index (κ2) is 8.64. The first-order chi connectivity index (χ1) is 18.4. The van der Waals surface area contributed by atoms with Gasteiger partial charge in [-0.3, -0.25) is 9.67 Å². The van der Waals surface area contributed by atoms with Crippen molar-refractivity contribution in [3.63, 3.8) is 0 Å². The summed E-state index contributed by atoms with van der Waals surface area (Å²) in [6.45, 7) is 4.55. The molecule has 0 amide bonds. The predicted octanol–water partition coefficient (Wildman–Crippen LogP) is 5.29. The molecule has 1 aromatic carbocycles. The third-order valence-corrected chi connectivity index (χ3v) is 8.55. The highest BCUT2D eigenvalue weighted by atomic mass is 19.3. The fraction of sp³-hybridized carbons (Fsp3) is 0.393. The average molecular weight is 539 g/mol. The Balaban J connectivity index is 1.40. The molecule has 3 aromatic heterocycles. The van der Waals surface area contributed by atoms with Gasteiger partial charge in [-0.2, -0.15) is 10.2 Å². The molecule has 2 aliphatic carbocycles. The highest BCUT2D eigenvalue weighted by Crippen LogP contribution is 2.69. The van der Waals surface area contributed by atoms with Crippen LogP contribution in [-0.2, 0) is 12.0 Å². The third kappa shape index (κ3) is 3.77. The highest BCUT2D eigenvalue weighted by Gasteiger charge is 2.65. The Hall–Kier alpha value is -3.73. The Morgan fingerprint density at radius 3 is 2.56 bits per heavy atom. The molecule has 6 rings (SSSR count). The van der Waals surface area contributed by atoms with Gasteiger partial charge in [-0.05, 0) is 47.9 Å². The van der Waals surface area contributed by atoms with Crippen molar-refractivity contribution in [3.8, 4) is 22.5 Å². The standard InChI is InChI=1S/C28H26F4N6O/c1-26(2)17-7-8-28(26,25-16(17)9-20(36-37-25)24-18(29)5-4-6-19(24)30)22-12-33-11-21(35-22)15-10-34-38(13-15)14-23(39)27(3,31)32/h4-6,9-13,17,23,39H,7-8,14H2,1-3H3/t17-,23+,28-/m0/s1. The van der Waals surface area contributed by atoms with Crippen LogP contribution in [0.3, 0.4) is 0 Å². The number of nitrogens with zero attached hydrogens (tertiary/aromatic N) is 6. The Kier molecular flexibility index (Phi) is 5.66. The summed E-state index contributed by atoms with van der Waals surface area (Å²) in [5, 5.41) is 22.7. The van der Waals surface area contributed by atoms with Crippen LogP contribution in [0.4, 0.5) is 17.6 Å². The van der Waals surface area contributed by atoms with Gasteiger partial charge in [-0.1, -0.05) is 19.9 Å². The van der Waals surface area contributed by atoms with Gasteiger partial charge in [0.15, 0.2) is 0 Å². The summed E-state index contributed by atoms with van der Waals surface area (Å²) >= 11 is 0. The molecule has 11 heteroatoms. The molecule has 0 aliphatic heterocycles. The van der Waals surface area contributed by atoms with Crippen LogP contribution in [0.15, 0.2) is 49.1 Å². The van der Waals surface area contributed by atoms with Crippen molar-refractivity contribution in [3.05, 3.63) is 77.6 Å². The van der Waals surface area contributed by atoms with E-state index in [0.717, 1.165) is 24.1 Å². The number of aliphatic hydroxyl groups is 1. The van der Waals surface area contributed by atoms with Crippen LogP contribution >= 0.6 is 0 Å². The van der Waals surface area contributed by atoms with Crippen molar-refractivity contribution in [2.75, 3.05) is 0 Å². The SMILES string of the molecule is CC(F)(F)[C@H](O)Cn1cc(-c2cncc([C@@]34CC[C@@H](c5cc(-c6c(F)cccc6F)nnc53)C4(C)C)n2)cn1. The largest absolute Gasteiger partial charge is 0.385 e. The summed E-state index contributed by atoms with van der Waals surface area (Å²) in [5.41, 5.74) is 2.33. The van der Waals surface area contributed by atoms with Gasteiger partial charge in [-0.15, -0.1) is 5.10 Å². The molecule has 39 heavy (non-hydrogen) atoms. The lowest BCUT2D eigenvalue weighted by molar-refractivity contribution is -0.100. The predicted molar refractivity (Wildman–Crippen MR) is 134 cm³/mol. The minimum absolute atomic E-state index is 0.0713. The van der Waals surface area contributed by atoms with Crippen LogP contribution in [0, 0.1) is 17.0 Å². The van der Waals surface area contributed by atoms with Gasteiger partial charge in [0.1, 0.15) is 17.7 Å². The first-order valence-electron chi connectivity index (χ1n) is 12.7. The van der Waals surface area contributed by atoms with E-state index < -0.39 is 29.1 Å². The van der Waals surface area contributed by atoms with Gasteiger partial charge in [0.05, 0.1) is 52.7 Å². The van der Waals surface area contributed by atoms with Crippen molar-refractivity contribution < 1.29 is 22.7 Å². The van der Waals surface area contributed by atoms with E-state index in [0.29, 0.717) is 23.9 Å². The second-order valence-electron chi connectivity index (χ2n) is 11.1. The third-order valence-electron chi connectivity index (χ3n) is 8.55. The van der Waals surface area contributed by atoms with E-state index in [1.165, 1.54) is 29.1 Å². The Labute approximate surface area is 222 Å². The van der Waals surface area contributed by atoms with E-state index in [-0.39, 0.29) is 29.1 Å². The first kappa shape index (κ1) is 25.5. The van der Waals surface area contributed by atoms with Gasteiger partial charge in [-0.25, -0.2) is 22.5 Å². The second-order valence-corrected chi connectivity index (χ2v) is 11.1. The molecule has 1 saturated carbocycles. The molecule has 0 saturated heterocycles. The summed E-state index contributed by atoms with van der Waals surface area (Å²) in [4.78, 5) is 9.36. The Bertz CT molecular complexity index is 1560. The number of fused-ring (bicyclic) bond motifs is 5. The normalized spacial score (nSPS) is 22.2. The number of hydrogen-bond donors (Lipinski definition) is 1. The molecule has 0 spiro atoms. The topological polar surface area (TPSA) is 89.6 Å². The number of rotatable bonds is 6. The molecule has 0 radical (unpaired) electrons. The fourth-order valence-electron chi connectivity index (χ4n) is 6.40. The lowest BCUT2D eigenvalue weighted by Crippen LogP contribution is -2.38. The van der Waals surface area contributed by atoms with E-state index in [9.17, 15) is 22.7 Å². The number of hydrogen-bond acceptors (Lipinski definition) is 6. The fourth-order valence-corrected chi connectivity index (χ4v) is 6.40. The molecule has 1 N–H and O–H groups in total. The molecule has 7 nitrogen and oxygen atoms in total. The van der Waals surface area contributed by atoms with E-state index in [4.69, 9.17) is 4.98 Å². The summed E-state index contributed by atoms with van der Waals surface area (Å²) in [6, 6.07) is 5.45. The zero-order valence-electron chi connectivity index (χ0n) is 21.5. The lowest BCUT2D eigenvalue weighted by atomic mass is 9.66. The average Bonchev–Trinajstić information content (AvgIpc) is 3.51. The maximum atomic E-state index is 14.5. The molecule has 2 aliphatic rings. The Morgan fingerprint density at radius 1 is 1.10 bits per heavy atom. The maximum absolute atomic E-state index is 14.5. The van der Waals surface area contributed by atoms with Gasteiger partial charge in [0.25, 0.3) is 5.92 Å². The van der Waals surface area contributed by atoms with Crippen LogP contribution < -0.4 is 0 Å². The van der Waals surface area contributed by atoms with Crippen LogP contribution in [0.25, 0.3) is 22.5 Å². The lowest BCUT2D eigenvalue weighted by Gasteiger charge is -2.37. The number of benzene rings is 1. The summed E-state index contributed by atoms with van der Waals surface area (Å²) in [5.74, 6) is -4.59. The number of alkyl halides is 2. The highest BCUT2D eigenvalue weighted by molar-refractivity contribution is 5.64. The molecule has 3 heterocycles. The van der Waals surface area contributed by atoms with Crippen LogP contribution in [0.1, 0.15) is 56.5 Å². The minimum Gasteiger partial charge on any atom is -0.385 e. The van der Waals surface area contributed by atoms with Crippen molar-refractivity contribution in [1.29, 1.82) is 0 Å². The molecular weight excluding hydrogens is 512 g/mol. The van der Waals surface area contributed by atoms with Crippen LogP contribution in [0.2, 0.25) is 0 Å². The molecule has 202 valence electrons. The molecule has 2 bridgehead atoms. The summed E-state index contributed by atoms with van der Waals surface area (Å²) in [6.07, 6.45) is 5.99. The number of aromatic nitrogens is 6. The maximum Gasteiger partial charge on any atom is 0.272 e. The number of aliphatic hydroxyl groups excluding tert-OH is 1. The van der Waals surface area contributed by atoms with Crippen molar-refractivity contribution in [2.45, 2.75) is 63.5 Å². The zero-order valence-corrected chi connectivity index (χ0v) is 21.5. The van der Waals surface area contributed by atoms with Crippen molar-refractivity contribution in [1.82, 2.24) is 29.9 Å².